The number of ketones is 1. The van der Waals surface area contributed by atoms with Crippen LogP contribution in [0.5, 0.6) is 0 Å². The molecule has 2 atom stereocenters. The molecule has 0 unspecified atom stereocenters. The van der Waals surface area contributed by atoms with Crippen LogP contribution in [0.4, 0.5) is 0 Å². The molecule has 1 aromatic rings. The van der Waals surface area contributed by atoms with Crippen molar-refractivity contribution in [1.82, 2.24) is 0 Å². The van der Waals surface area contributed by atoms with E-state index in [-0.39, 0.29) is 23.8 Å². The molecule has 19 heavy (non-hydrogen) atoms. The lowest BCUT2D eigenvalue weighted by Crippen LogP contribution is -2.31. The van der Waals surface area contributed by atoms with Gasteiger partial charge in [0.2, 0.25) is 0 Å². The maximum Gasteiger partial charge on any atom is 0.302 e. The van der Waals surface area contributed by atoms with Gasteiger partial charge in [0, 0.05) is 24.8 Å². The molecule has 1 fully saturated rings. The number of hydrogen-bond donors (Lipinski definition) is 0. The molecule has 0 amide bonds. The van der Waals surface area contributed by atoms with Crippen molar-refractivity contribution in [3.8, 4) is 0 Å². The third-order valence-corrected chi connectivity index (χ3v) is 3.70. The molecule has 0 aromatic heterocycles. The third kappa shape index (κ3) is 3.91. The summed E-state index contributed by atoms with van der Waals surface area (Å²) in [6, 6.07) is 9.33. The van der Waals surface area contributed by atoms with E-state index < -0.39 is 0 Å². The molecular formula is C16H20O3. The number of carbonyl (C=O) groups is 2. The maximum atomic E-state index is 12.2. The molecule has 3 nitrogen and oxygen atoms in total. The van der Waals surface area contributed by atoms with Gasteiger partial charge < -0.3 is 4.74 Å². The van der Waals surface area contributed by atoms with Crippen LogP contribution in [0.25, 0.3) is 0 Å². The van der Waals surface area contributed by atoms with Gasteiger partial charge in [-0.05, 0) is 19.3 Å². The minimum atomic E-state index is -0.246. The lowest BCUT2D eigenvalue weighted by Gasteiger charge is -2.30. The van der Waals surface area contributed by atoms with Gasteiger partial charge in [0.25, 0.3) is 0 Å². The van der Waals surface area contributed by atoms with Crippen LogP contribution in [-0.2, 0) is 9.53 Å². The van der Waals surface area contributed by atoms with Gasteiger partial charge in [0.1, 0.15) is 6.10 Å². The summed E-state index contributed by atoms with van der Waals surface area (Å²) in [7, 11) is 0. The molecule has 3 heteroatoms. The molecular weight excluding hydrogens is 240 g/mol. The Morgan fingerprint density at radius 1 is 1.16 bits per heavy atom. The number of Topliss-reactive ketones (excluding diaryl/α,β-unsaturated/α-hetero) is 1. The minimum Gasteiger partial charge on any atom is -0.462 e. The van der Waals surface area contributed by atoms with E-state index in [2.05, 4.69) is 0 Å². The van der Waals surface area contributed by atoms with E-state index in [0.29, 0.717) is 6.42 Å². The van der Waals surface area contributed by atoms with Crippen LogP contribution < -0.4 is 0 Å². The summed E-state index contributed by atoms with van der Waals surface area (Å²) in [4.78, 5) is 23.3. The zero-order valence-corrected chi connectivity index (χ0v) is 11.3. The minimum absolute atomic E-state index is 0.0843. The summed E-state index contributed by atoms with van der Waals surface area (Å²) in [6.07, 6.45) is 4.43. The first-order chi connectivity index (χ1) is 9.16. The topological polar surface area (TPSA) is 43.4 Å². The second-order valence-electron chi connectivity index (χ2n) is 5.19. The zero-order valence-electron chi connectivity index (χ0n) is 11.3. The Bertz CT molecular complexity index is 439. The van der Waals surface area contributed by atoms with Crippen molar-refractivity contribution < 1.29 is 14.3 Å². The van der Waals surface area contributed by atoms with E-state index in [1.807, 2.05) is 30.3 Å². The van der Waals surface area contributed by atoms with Crippen molar-refractivity contribution in [1.29, 1.82) is 0 Å². The predicted octanol–water partition coefficient (Wildman–Crippen LogP) is 3.38. The van der Waals surface area contributed by atoms with Crippen molar-refractivity contribution >= 4 is 11.8 Å². The number of esters is 1. The number of rotatable bonds is 4. The largest absolute Gasteiger partial charge is 0.462 e. The molecule has 0 radical (unpaired) electrons. The van der Waals surface area contributed by atoms with Gasteiger partial charge in [-0.3, -0.25) is 9.59 Å². The van der Waals surface area contributed by atoms with Crippen LogP contribution >= 0.6 is 0 Å². The first-order valence-electron chi connectivity index (χ1n) is 6.92. The SMILES string of the molecule is CC(=O)O[C@@H]1CCCC[C@H]1CC(=O)c1ccccc1. The summed E-state index contributed by atoms with van der Waals surface area (Å²) in [5, 5.41) is 0. The van der Waals surface area contributed by atoms with Crippen molar-refractivity contribution in [3.63, 3.8) is 0 Å². The Kier molecular flexibility index (Phi) is 4.72. The molecule has 2 rings (SSSR count). The molecule has 0 heterocycles. The second-order valence-corrected chi connectivity index (χ2v) is 5.19. The van der Waals surface area contributed by atoms with Crippen molar-refractivity contribution in [2.75, 3.05) is 0 Å². The second kappa shape index (κ2) is 6.50. The molecule has 1 aliphatic rings. The molecule has 0 bridgehead atoms. The Hall–Kier alpha value is -1.64. The van der Waals surface area contributed by atoms with Gasteiger partial charge in [0.15, 0.2) is 5.78 Å². The summed E-state index contributed by atoms with van der Waals surface area (Å²) in [5.74, 6) is 0.0686. The summed E-state index contributed by atoms with van der Waals surface area (Å²) in [6.45, 7) is 1.44. The van der Waals surface area contributed by atoms with Gasteiger partial charge >= 0.3 is 5.97 Å². The van der Waals surface area contributed by atoms with E-state index in [1.165, 1.54) is 6.92 Å². The van der Waals surface area contributed by atoms with Gasteiger partial charge in [-0.1, -0.05) is 36.8 Å². The molecule has 1 aliphatic carbocycles. The zero-order chi connectivity index (χ0) is 13.7. The molecule has 0 saturated heterocycles. The quantitative estimate of drug-likeness (QED) is 0.615. The molecule has 0 aliphatic heterocycles. The van der Waals surface area contributed by atoms with E-state index in [9.17, 15) is 9.59 Å². The smallest absolute Gasteiger partial charge is 0.302 e. The fourth-order valence-electron chi connectivity index (χ4n) is 2.76. The first kappa shape index (κ1) is 13.8. The van der Waals surface area contributed by atoms with E-state index in [4.69, 9.17) is 4.74 Å². The fourth-order valence-corrected chi connectivity index (χ4v) is 2.76. The number of hydrogen-bond acceptors (Lipinski definition) is 3. The molecule has 0 spiro atoms. The molecule has 0 N–H and O–H groups in total. The normalized spacial score (nSPS) is 22.8. The molecule has 1 aromatic carbocycles. The standard InChI is InChI=1S/C16H20O3/c1-12(17)19-16-10-6-5-9-14(16)11-15(18)13-7-3-2-4-8-13/h2-4,7-8,14,16H,5-6,9-11H2,1H3/t14-,16+/m0/s1. The van der Waals surface area contributed by atoms with Crippen LogP contribution in [-0.4, -0.2) is 17.9 Å². The third-order valence-electron chi connectivity index (χ3n) is 3.70. The van der Waals surface area contributed by atoms with Gasteiger partial charge in [0.05, 0.1) is 0 Å². The number of benzene rings is 1. The summed E-state index contributed by atoms with van der Waals surface area (Å²) >= 11 is 0. The van der Waals surface area contributed by atoms with Crippen LogP contribution in [0.15, 0.2) is 30.3 Å². The molecule has 1 saturated carbocycles. The van der Waals surface area contributed by atoms with E-state index in [1.54, 1.807) is 0 Å². The van der Waals surface area contributed by atoms with Gasteiger partial charge in [-0.25, -0.2) is 0 Å². The fraction of sp³-hybridized carbons (Fsp3) is 0.500. The predicted molar refractivity (Wildman–Crippen MR) is 72.9 cm³/mol. The van der Waals surface area contributed by atoms with Crippen LogP contribution in [0.1, 0.15) is 49.4 Å². The monoisotopic (exact) mass is 260 g/mol. The van der Waals surface area contributed by atoms with E-state index in [0.717, 1.165) is 31.2 Å². The highest BCUT2D eigenvalue weighted by Gasteiger charge is 2.29. The van der Waals surface area contributed by atoms with E-state index >= 15 is 0 Å². The maximum absolute atomic E-state index is 12.2. The first-order valence-corrected chi connectivity index (χ1v) is 6.92. The Morgan fingerprint density at radius 3 is 2.53 bits per heavy atom. The highest BCUT2D eigenvalue weighted by atomic mass is 16.5. The highest BCUT2D eigenvalue weighted by Crippen LogP contribution is 2.30. The van der Waals surface area contributed by atoms with Gasteiger partial charge in [-0.2, -0.15) is 0 Å². The van der Waals surface area contributed by atoms with Crippen LogP contribution in [0.2, 0.25) is 0 Å². The highest BCUT2D eigenvalue weighted by molar-refractivity contribution is 5.96. The Morgan fingerprint density at radius 2 is 1.84 bits per heavy atom. The summed E-state index contributed by atoms with van der Waals surface area (Å²) in [5.41, 5.74) is 0.745. The number of carbonyl (C=O) groups excluding carboxylic acids is 2. The average Bonchev–Trinajstić information content (AvgIpc) is 2.41. The van der Waals surface area contributed by atoms with Crippen molar-refractivity contribution in [2.45, 2.75) is 45.1 Å². The van der Waals surface area contributed by atoms with Crippen LogP contribution in [0, 0.1) is 5.92 Å². The lowest BCUT2D eigenvalue weighted by atomic mass is 9.82. The summed E-state index contributed by atoms with van der Waals surface area (Å²) < 4.78 is 5.35. The lowest BCUT2D eigenvalue weighted by molar-refractivity contribution is -0.150. The van der Waals surface area contributed by atoms with Crippen molar-refractivity contribution in [3.05, 3.63) is 35.9 Å². The average molecular weight is 260 g/mol. The molecule has 102 valence electrons. The Balaban J connectivity index is 1.99. The number of ether oxygens (including phenoxy) is 1. The van der Waals surface area contributed by atoms with Crippen LogP contribution in [0.3, 0.4) is 0 Å². The van der Waals surface area contributed by atoms with Crippen molar-refractivity contribution in [2.24, 2.45) is 5.92 Å². The van der Waals surface area contributed by atoms with Gasteiger partial charge in [-0.15, -0.1) is 0 Å². The Labute approximate surface area is 114 Å².